The van der Waals surface area contributed by atoms with Gasteiger partial charge in [-0.15, -0.1) is 0 Å². The fourth-order valence-electron chi connectivity index (χ4n) is 3.58. The molecule has 4 nitrogen and oxygen atoms in total. The number of piperidine rings is 1. The molecule has 1 fully saturated rings. The highest BCUT2D eigenvalue weighted by molar-refractivity contribution is 5.50. The zero-order chi connectivity index (χ0) is 13.2. The second kappa shape index (κ2) is 5.53. The van der Waals surface area contributed by atoms with E-state index in [9.17, 15) is 0 Å². The van der Waals surface area contributed by atoms with Crippen molar-refractivity contribution in [3.05, 3.63) is 11.3 Å². The van der Waals surface area contributed by atoms with E-state index in [1.807, 2.05) is 0 Å². The lowest BCUT2D eigenvalue weighted by atomic mass is 9.84. The van der Waals surface area contributed by atoms with E-state index in [1.165, 1.54) is 49.2 Å². The van der Waals surface area contributed by atoms with E-state index >= 15 is 0 Å². The fraction of sp³-hybridized carbons (Fsp3) is 0.800. The number of fused-ring (bicyclic) bond motifs is 1. The normalized spacial score (nSPS) is 24.5. The highest BCUT2D eigenvalue weighted by atomic mass is 15.3. The van der Waals surface area contributed by atoms with Crippen molar-refractivity contribution in [3.63, 3.8) is 0 Å². The Morgan fingerprint density at radius 1 is 1.32 bits per heavy atom. The summed E-state index contributed by atoms with van der Waals surface area (Å²) in [5.74, 6) is 2.09. The van der Waals surface area contributed by atoms with Crippen molar-refractivity contribution in [2.75, 3.05) is 18.0 Å². The van der Waals surface area contributed by atoms with Crippen LogP contribution in [-0.2, 0) is 12.8 Å². The number of anilines is 1. The standard InChI is InChI=1S/C15H26N4/c1-2-3-11-4-5-14-13(10-11)15(18-17-14)19-8-6-12(16)7-9-19/h11-12H,2-10,16H2,1H3,(H,17,18). The number of rotatable bonds is 3. The number of aryl methyl sites for hydroxylation is 1. The third kappa shape index (κ3) is 2.64. The van der Waals surface area contributed by atoms with Gasteiger partial charge in [0.25, 0.3) is 0 Å². The van der Waals surface area contributed by atoms with Crippen molar-refractivity contribution in [2.45, 2.75) is 57.9 Å². The molecule has 0 amide bonds. The van der Waals surface area contributed by atoms with Crippen molar-refractivity contribution in [3.8, 4) is 0 Å². The van der Waals surface area contributed by atoms with E-state index in [0.717, 1.165) is 31.8 Å². The predicted molar refractivity (Wildman–Crippen MR) is 78.4 cm³/mol. The van der Waals surface area contributed by atoms with Crippen LogP contribution in [0.25, 0.3) is 0 Å². The van der Waals surface area contributed by atoms with Crippen LogP contribution in [0.1, 0.15) is 50.3 Å². The van der Waals surface area contributed by atoms with E-state index in [4.69, 9.17) is 5.73 Å². The average molecular weight is 262 g/mol. The molecule has 1 saturated heterocycles. The third-order valence-electron chi connectivity index (χ3n) is 4.76. The molecule has 2 aliphatic rings. The number of aromatic nitrogens is 2. The van der Waals surface area contributed by atoms with Gasteiger partial charge in [0.1, 0.15) is 0 Å². The molecule has 1 atom stereocenters. The van der Waals surface area contributed by atoms with Crippen molar-refractivity contribution in [1.82, 2.24) is 10.2 Å². The van der Waals surface area contributed by atoms with E-state index in [-0.39, 0.29) is 0 Å². The van der Waals surface area contributed by atoms with Gasteiger partial charge in [0.05, 0.1) is 0 Å². The largest absolute Gasteiger partial charge is 0.355 e. The number of nitrogens with two attached hydrogens (primary N) is 1. The third-order valence-corrected chi connectivity index (χ3v) is 4.76. The van der Waals surface area contributed by atoms with Gasteiger partial charge in [-0.3, -0.25) is 5.10 Å². The summed E-state index contributed by atoms with van der Waals surface area (Å²) in [7, 11) is 0. The van der Waals surface area contributed by atoms with Gasteiger partial charge in [0, 0.05) is 30.4 Å². The Kier molecular flexibility index (Phi) is 3.78. The predicted octanol–water partition coefficient (Wildman–Crippen LogP) is 2.24. The number of hydrogen-bond donors (Lipinski definition) is 2. The molecule has 2 heterocycles. The Balaban J connectivity index is 1.75. The molecule has 0 radical (unpaired) electrons. The maximum absolute atomic E-state index is 5.99. The molecule has 106 valence electrons. The van der Waals surface area contributed by atoms with E-state index in [0.29, 0.717) is 6.04 Å². The second-order valence-electron chi connectivity index (χ2n) is 6.23. The molecule has 19 heavy (non-hydrogen) atoms. The molecule has 0 spiro atoms. The van der Waals surface area contributed by atoms with Crippen LogP contribution < -0.4 is 10.6 Å². The molecular formula is C15H26N4. The summed E-state index contributed by atoms with van der Waals surface area (Å²) < 4.78 is 0. The van der Waals surface area contributed by atoms with Gasteiger partial charge in [-0.25, -0.2) is 0 Å². The number of nitrogens with one attached hydrogen (secondary N) is 1. The fourth-order valence-corrected chi connectivity index (χ4v) is 3.58. The topological polar surface area (TPSA) is 57.9 Å². The number of aromatic amines is 1. The summed E-state index contributed by atoms with van der Waals surface area (Å²) in [6.07, 6.45) is 8.58. The van der Waals surface area contributed by atoms with Gasteiger partial charge in [0.2, 0.25) is 0 Å². The van der Waals surface area contributed by atoms with Crippen molar-refractivity contribution in [1.29, 1.82) is 0 Å². The molecule has 1 unspecified atom stereocenters. The lowest BCUT2D eigenvalue weighted by Gasteiger charge is -2.32. The highest BCUT2D eigenvalue weighted by Crippen LogP contribution is 2.33. The Labute approximate surface area is 115 Å². The molecule has 4 heteroatoms. The molecular weight excluding hydrogens is 236 g/mol. The molecule has 1 aromatic heterocycles. The zero-order valence-corrected chi connectivity index (χ0v) is 12.0. The smallest absolute Gasteiger partial charge is 0.153 e. The summed E-state index contributed by atoms with van der Waals surface area (Å²) in [5, 5.41) is 7.88. The van der Waals surface area contributed by atoms with Gasteiger partial charge in [-0.1, -0.05) is 19.8 Å². The lowest BCUT2D eigenvalue weighted by Crippen LogP contribution is -2.40. The minimum absolute atomic E-state index is 0.388. The highest BCUT2D eigenvalue weighted by Gasteiger charge is 2.27. The van der Waals surface area contributed by atoms with Crippen molar-refractivity contribution >= 4 is 5.82 Å². The van der Waals surface area contributed by atoms with Gasteiger partial charge in [0.15, 0.2) is 5.82 Å². The molecule has 3 rings (SSSR count). The molecule has 1 aliphatic heterocycles. The lowest BCUT2D eigenvalue weighted by molar-refractivity contribution is 0.419. The Bertz CT molecular complexity index is 418. The number of nitrogens with zero attached hydrogens (tertiary/aromatic N) is 2. The quantitative estimate of drug-likeness (QED) is 0.878. The SMILES string of the molecule is CCCC1CCc2[nH]nc(N3CCC(N)CC3)c2C1. The van der Waals surface area contributed by atoms with Crippen molar-refractivity contribution in [2.24, 2.45) is 11.7 Å². The first-order chi connectivity index (χ1) is 9.28. The van der Waals surface area contributed by atoms with Crippen LogP contribution in [0.2, 0.25) is 0 Å². The molecule has 0 aromatic carbocycles. The monoisotopic (exact) mass is 262 g/mol. The maximum Gasteiger partial charge on any atom is 0.153 e. The van der Waals surface area contributed by atoms with E-state index in [1.54, 1.807) is 0 Å². The number of H-pyrrole nitrogens is 1. The van der Waals surface area contributed by atoms with E-state index in [2.05, 4.69) is 22.0 Å². The summed E-state index contributed by atoms with van der Waals surface area (Å²) in [6, 6.07) is 0.388. The van der Waals surface area contributed by atoms with Gasteiger partial charge in [-0.2, -0.15) is 5.10 Å². The van der Waals surface area contributed by atoms with Crippen molar-refractivity contribution < 1.29 is 0 Å². The average Bonchev–Trinajstić information content (AvgIpc) is 2.83. The molecule has 0 saturated carbocycles. The zero-order valence-electron chi connectivity index (χ0n) is 12.0. The van der Waals surface area contributed by atoms with Crippen LogP contribution in [-0.4, -0.2) is 29.3 Å². The van der Waals surface area contributed by atoms with Crippen LogP contribution in [0.4, 0.5) is 5.82 Å². The summed E-state index contributed by atoms with van der Waals surface area (Å²) in [5.41, 5.74) is 8.88. The van der Waals surface area contributed by atoms with Crippen LogP contribution >= 0.6 is 0 Å². The van der Waals surface area contributed by atoms with Crippen LogP contribution in [0.5, 0.6) is 0 Å². The second-order valence-corrected chi connectivity index (χ2v) is 6.23. The first-order valence-corrected chi connectivity index (χ1v) is 7.84. The minimum Gasteiger partial charge on any atom is -0.355 e. The van der Waals surface area contributed by atoms with Gasteiger partial charge < -0.3 is 10.6 Å². The first-order valence-electron chi connectivity index (χ1n) is 7.84. The first kappa shape index (κ1) is 13.0. The van der Waals surface area contributed by atoms with Crippen LogP contribution in [0.3, 0.4) is 0 Å². The molecule has 1 aliphatic carbocycles. The van der Waals surface area contributed by atoms with E-state index < -0.39 is 0 Å². The van der Waals surface area contributed by atoms with Gasteiger partial charge in [-0.05, 0) is 38.0 Å². The summed E-state index contributed by atoms with van der Waals surface area (Å²) >= 11 is 0. The summed E-state index contributed by atoms with van der Waals surface area (Å²) in [4.78, 5) is 2.44. The molecule has 1 aromatic rings. The molecule has 3 N–H and O–H groups in total. The van der Waals surface area contributed by atoms with Crippen LogP contribution in [0, 0.1) is 5.92 Å². The Hall–Kier alpha value is -1.03. The Morgan fingerprint density at radius 3 is 2.84 bits per heavy atom. The number of hydrogen-bond acceptors (Lipinski definition) is 3. The van der Waals surface area contributed by atoms with Crippen LogP contribution in [0.15, 0.2) is 0 Å². The minimum atomic E-state index is 0.388. The Morgan fingerprint density at radius 2 is 2.11 bits per heavy atom. The van der Waals surface area contributed by atoms with Gasteiger partial charge >= 0.3 is 0 Å². The summed E-state index contributed by atoms with van der Waals surface area (Å²) in [6.45, 7) is 4.42. The maximum atomic E-state index is 5.99. The molecule has 0 bridgehead atoms.